The van der Waals surface area contributed by atoms with Crippen molar-refractivity contribution in [2.45, 2.75) is 26.7 Å². The summed E-state index contributed by atoms with van der Waals surface area (Å²) in [6.45, 7) is 3.32. The normalized spacial score (nSPS) is 10.4. The average molecular weight is 343 g/mol. The number of anilines is 1. The summed E-state index contributed by atoms with van der Waals surface area (Å²) in [6.07, 6.45) is 2.63. The van der Waals surface area contributed by atoms with Crippen molar-refractivity contribution in [2.24, 2.45) is 7.05 Å². The molecule has 2 rings (SSSR count). The van der Waals surface area contributed by atoms with E-state index in [0.717, 1.165) is 6.42 Å². The van der Waals surface area contributed by atoms with Crippen molar-refractivity contribution in [3.8, 4) is 0 Å². The number of aromatic nitrogens is 2. The van der Waals surface area contributed by atoms with Crippen molar-refractivity contribution in [3.63, 3.8) is 0 Å². The molecule has 0 saturated carbocycles. The zero-order valence-corrected chi connectivity index (χ0v) is 14.5. The molecule has 1 heterocycles. The third-order valence-corrected chi connectivity index (χ3v) is 3.76. The number of Topliss-reactive ketones (excluding diaryl/α,β-unsaturated/α-hetero) is 1. The number of nitrogens with one attached hydrogen (secondary N) is 1. The van der Waals surface area contributed by atoms with Gasteiger partial charge in [0.25, 0.3) is 0 Å². The molecule has 7 nitrogen and oxygen atoms in total. The van der Waals surface area contributed by atoms with Crippen LogP contribution in [0.4, 0.5) is 5.69 Å². The summed E-state index contributed by atoms with van der Waals surface area (Å²) in [5, 5.41) is 6.71. The van der Waals surface area contributed by atoms with Gasteiger partial charge in [-0.25, -0.2) is 4.79 Å². The first kappa shape index (κ1) is 18.4. The van der Waals surface area contributed by atoms with E-state index in [-0.39, 0.29) is 18.3 Å². The Bertz CT molecular complexity index is 778. The molecule has 0 saturated heterocycles. The lowest BCUT2D eigenvalue weighted by Crippen LogP contribution is -2.15. The monoisotopic (exact) mass is 343 g/mol. The second-order valence-electron chi connectivity index (χ2n) is 5.64. The van der Waals surface area contributed by atoms with Gasteiger partial charge in [-0.05, 0) is 37.6 Å². The van der Waals surface area contributed by atoms with E-state index >= 15 is 0 Å². The molecule has 0 aliphatic heterocycles. The van der Waals surface area contributed by atoms with Crippen LogP contribution in [0.15, 0.2) is 30.5 Å². The van der Waals surface area contributed by atoms with Gasteiger partial charge in [-0.1, -0.05) is 6.92 Å². The van der Waals surface area contributed by atoms with E-state index < -0.39 is 5.97 Å². The first-order chi connectivity index (χ1) is 11.9. The van der Waals surface area contributed by atoms with Crippen LogP contribution in [-0.4, -0.2) is 34.0 Å². The van der Waals surface area contributed by atoms with Crippen LogP contribution in [-0.2, 0) is 16.6 Å². The van der Waals surface area contributed by atoms with Crippen LogP contribution in [0.1, 0.15) is 46.2 Å². The van der Waals surface area contributed by atoms with Gasteiger partial charge in [-0.3, -0.25) is 14.3 Å². The van der Waals surface area contributed by atoms with Gasteiger partial charge in [0.05, 0.1) is 6.20 Å². The number of esters is 1. The molecule has 0 unspecified atom stereocenters. The first-order valence-electron chi connectivity index (χ1n) is 8.01. The number of ether oxygens (including phenoxy) is 1. The molecule has 1 aromatic carbocycles. The molecule has 0 radical (unpaired) electrons. The average Bonchev–Trinajstić information content (AvgIpc) is 2.92. The lowest BCUT2D eigenvalue weighted by atomic mass is 10.1. The second-order valence-corrected chi connectivity index (χ2v) is 5.64. The van der Waals surface area contributed by atoms with E-state index in [1.165, 1.54) is 6.20 Å². The summed E-state index contributed by atoms with van der Waals surface area (Å²) in [4.78, 5) is 35.6. The largest absolute Gasteiger partial charge is 0.454 e. The number of nitrogens with zero attached hydrogens (tertiary/aromatic N) is 2. The molecule has 1 amide bonds. The Balaban J connectivity index is 1.91. The predicted octanol–water partition coefficient (Wildman–Crippen LogP) is 2.51. The molecule has 7 heteroatoms. The number of hydrogen-bond donors (Lipinski definition) is 1. The van der Waals surface area contributed by atoms with Crippen molar-refractivity contribution < 1.29 is 19.1 Å². The molecule has 1 N–H and O–H groups in total. The number of aryl methyl sites for hydroxylation is 1. The predicted molar refractivity (Wildman–Crippen MR) is 92.5 cm³/mol. The van der Waals surface area contributed by atoms with Crippen LogP contribution < -0.4 is 5.32 Å². The topological polar surface area (TPSA) is 90.3 Å². The van der Waals surface area contributed by atoms with Crippen LogP contribution in [0.5, 0.6) is 0 Å². The maximum absolute atomic E-state index is 12.1. The highest BCUT2D eigenvalue weighted by molar-refractivity contribution is 6.00. The number of amides is 1. The standard InChI is InChI=1S/C18H21N3O4/c1-4-5-17(23)20-14-8-6-13(7-9-14)16(22)11-25-18(24)15-10-19-21(3)12(15)2/h6-10H,4-5,11H2,1-3H3,(H,20,23). The Morgan fingerprint density at radius 2 is 1.88 bits per heavy atom. The smallest absolute Gasteiger partial charge is 0.342 e. The van der Waals surface area contributed by atoms with E-state index in [4.69, 9.17) is 4.74 Å². The summed E-state index contributed by atoms with van der Waals surface area (Å²) in [6, 6.07) is 6.47. The van der Waals surface area contributed by atoms with Gasteiger partial charge < -0.3 is 10.1 Å². The Hall–Kier alpha value is -2.96. The van der Waals surface area contributed by atoms with E-state index in [2.05, 4.69) is 10.4 Å². The highest BCUT2D eigenvalue weighted by Gasteiger charge is 2.16. The maximum Gasteiger partial charge on any atom is 0.342 e. The van der Waals surface area contributed by atoms with Gasteiger partial charge in [0.15, 0.2) is 12.4 Å². The van der Waals surface area contributed by atoms with Crippen LogP contribution in [0.3, 0.4) is 0 Å². The molecule has 1 aromatic heterocycles. The number of hydrogen-bond acceptors (Lipinski definition) is 5. The van der Waals surface area contributed by atoms with Gasteiger partial charge in [-0.2, -0.15) is 5.10 Å². The highest BCUT2D eigenvalue weighted by Crippen LogP contribution is 2.12. The molecule has 0 aliphatic carbocycles. The first-order valence-corrected chi connectivity index (χ1v) is 8.01. The van der Waals surface area contributed by atoms with E-state index in [1.54, 1.807) is 42.9 Å². The van der Waals surface area contributed by atoms with Crippen LogP contribution in [0.2, 0.25) is 0 Å². The van der Waals surface area contributed by atoms with Crippen molar-refractivity contribution in [3.05, 3.63) is 47.3 Å². The van der Waals surface area contributed by atoms with Gasteiger partial charge in [0.1, 0.15) is 5.56 Å². The quantitative estimate of drug-likeness (QED) is 0.616. The summed E-state index contributed by atoms with van der Waals surface area (Å²) in [5.41, 5.74) is 2.04. The Labute approximate surface area is 146 Å². The Morgan fingerprint density at radius 3 is 2.44 bits per heavy atom. The minimum Gasteiger partial charge on any atom is -0.454 e. The van der Waals surface area contributed by atoms with E-state index in [1.807, 2.05) is 6.92 Å². The second kappa shape index (κ2) is 8.23. The fraction of sp³-hybridized carbons (Fsp3) is 0.333. The molecule has 0 aliphatic rings. The molecular formula is C18H21N3O4. The van der Waals surface area contributed by atoms with Gasteiger partial charge in [-0.15, -0.1) is 0 Å². The number of carbonyl (C=O) groups is 3. The van der Waals surface area contributed by atoms with E-state index in [9.17, 15) is 14.4 Å². The molecule has 0 spiro atoms. The number of ketones is 1. The van der Waals surface area contributed by atoms with Crippen molar-refractivity contribution in [1.29, 1.82) is 0 Å². The maximum atomic E-state index is 12.1. The fourth-order valence-corrected chi connectivity index (χ4v) is 2.18. The molecular weight excluding hydrogens is 322 g/mol. The van der Waals surface area contributed by atoms with Crippen molar-refractivity contribution in [2.75, 3.05) is 11.9 Å². The zero-order valence-electron chi connectivity index (χ0n) is 14.5. The van der Waals surface area contributed by atoms with Crippen LogP contribution in [0.25, 0.3) is 0 Å². The SMILES string of the molecule is CCCC(=O)Nc1ccc(C(=O)COC(=O)c2cnn(C)c2C)cc1. The fourth-order valence-electron chi connectivity index (χ4n) is 2.18. The highest BCUT2D eigenvalue weighted by atomic mass is 16.5. The lowest BCUT2D eigenvalue weighted by molar-refractivity contribution is -0.116. The molecule has 25 heavy (non-hydrogen) atoms. The minimum atomic E-state index is -0.581. The number of carbonyl (C=O) groups excluding carboxylic acids is 3. The van der Waals surface area contributed by atoms with Crippen LogP contribution in [0, 0.1) is 6.92 Å². The molecule has 0 atom stereocenters. The lowest BCUT2D eigenvalue weighted by Gasteiger charge is -2.06. The number of rotatable bonds is 7. The summed E-state index contributed by atoms with van der Waals surface area (Å²) < 4.78 is 6.61. The minimum absolute atomic E-state index is 0.0673. The van der Waals surface area contributed by atoms with Crippen molar-refractivity contribution in [1.82, 2.24) is 9.78 Å². The molecule has 0 bridgehead atoms. The van der Waals surface area contributed by atoms with Crippen LogP contribution >= 0.6 is 0 Å². The number of benzene rings is 1. The third kappa shape index (κ3) is 4.76. The zero-order chi connectivity index (χ0) is 18.4. The van der Waals surface area contributed by atoms with Gasteiger partial charge in [0.2, 0.25) is 5.91 Å². The van der Waals surface area contributed by atoms with Crippen molar-refractivity contribution >= 4 is 23.3 Å². The Kier molecular flexibility index (Phi) is 6.05. The molecule has 0 fully saturated rings. The van der Waals surface area contributed by atoms with Gasteiger partial charge >= 0.3 is 5.97 Å². The Morgan fingerprint density at radius 1 is 1.20 bits per heavy atom. The molecule has 132 valence electrons. The van der Waals surface area contributed by atoms with E-state index in [0.29, 0.717) is 28.9 Å². The van der Waals surface area contributed by atoms with Gasteiger partial charge in [0, 0.05) is 30.4 Å². The summed E-state index contributed by atoms with van der Waals surface area (Å²) in [7, 11) is 1.72. The summed E-state index contributed by atoms with van der Waals surface area (Å²) >= 11 is 0. The third-order valence-electron chi connectivity index (χ3n) is 3.76. The molecule has 2 aromatic rings. The summed E-state index contributed by atoms with van der Waals surface area (Å²) in [5.74, 6) is -0.967.